The highest BCUT2D eigenvalue weighted by Crippen LogP contribution is 2.14. The van der Waals surface area contributed by atoms with Crippen molar-refractivity contribution >= 4 is 35.1 Å². The summed E-state index contributed by atoms with van der Waals surface area (Å²) in [6.07, 6.45) is 1.59. The zero-order valence-corrected chi connectivity index (χ0v) is 8.56. The average molecular weight is 215 g/mol. The molecular weight excluding hydrogens is 207 g/mol. The maximum atomic E-state index is 11.0. The third-order valence-electron chi connectivity index (χ3n) is 1.57. The largest absolute Gasteiger partial charge is 0.295 e. The van der Waals surface area contributed by atoms with Gasteiger partial charge in [0.15, 0.2) is 5.78 Å². The monoisotopic (exact) mass is 214 g/mol. The van der Waals surface area contributed by atoms with Crippen LogP contribution in [0.4, 0.5) is 0 Å². The second kappa shape index (κ2) is 4.45. The van der Waals surface area contributed by atoms with Crippen LogP contribution in [0.2, 0.25) is 0 Å². The molecule has 0 N–H and O–H groups in total. The second-order valence-electron chi connectivity index (χ2n) is 2.62. The number of carbonyl (C=O) groups excluding carboxylic acids is 1. The van der Waals surface area contributed by atoms with Gasteiger partial charge in [-0.1, -0.05) is 41.4 Å². The summed E-state index contributed by atoms with van der Waals surface area (Å²) < 4.78 is 0.181. The Kier molecular flexibility index (Phi) is 3.52. The predicted octanol–water partition coefficient (Wildman–Crippen LogP) is 3.67. The SMILES string of the molecule is CC(=O)c1cccc(C=C(Cl)Cl)c1. The van der Waals surface area contributed by atoms with Crippen LogP contribution in [-0.2, 0) is 0 Å². The van der Waals surface area contributed by atoms with E-state index in [1.807, 2.05) is 6.07 Å². The van der Waals surface area contributed by atoms with Gasteiger partial charge in [-0.15, -0.1) is 0 Å². The molecule has 0 heterocycles. The Hall–Kier alpha value is -0.790. The van der Waals surface area contributed by atoms with Crippen LogP contribution in [0, 0.1) is 0 Å². The van der Waals surface area contributed by atoms with Gasteiger partial charge in [-0.05, 0) is 24.6 Å². The molecule has 0 spiro atoms. The molecule has 0 fully saturated rings. The molecule has 0 aliphatic carbocycles. The predicted molar refractivity (Wildman–Crippen MR) is 56.1 cm³/mol. The molecular formula is C10H8Cl2O. The maximum absolute atomic E-state index is 11.0. The summed E-state index contributed by atoms with van der Waals surface area (Å²) in [5, 5.41) is 0. The molecule has 0 aromatic heterocycles. The average Bonchev–Trinajstić information content (AvgIpc) is 2.03. The van der Waals surface area contributed by atoms with Crippen LogP contribution in [0.15, 0.2) is 28.8 Å². The van der Waals surface area contributed by atoms with Crippen LogP contribution >= 0.6 is 23.2 Å². The van der Waals surface area contributed by atoms with Crippen LogP contribution in [0.1, 0.15) is 22.8 Å². The van der Waals surface area contributed by atoms with Gasteiger partial charge in [0.05, 0.1) is 0 Å². The van der Waals surface area contributed by atoms with Crippen molar-refractivity contribution < 1.29 is 4.79 Å². The fraction of sp³-hybridized carbons (Fsp3) is 0.100. The number of hydrogen-bond donors (Lipinski definition) is 0. The summed E-state index contributed by atoms with van der Waals surface area (Å²) >= 11 is 11.0. The van der Waals surface area contributed by atoms with Crippen LogP contribution < -0.4 is 0 Å². The number of benzene rings is 1. The lowest BCUT2D eigenvalue weighted by Crippen LogP contribution is -1.91. The van der Waals surface area contributed by atoms with Gasteiger partial charge in [-0.2, -0.15) is 0 Å². The highest BCUT2D eigenvalue weighted by molar-refractivity contribution is 6.57. The summed E-state index contributed by atoms with van der Waals surface area (Å²) in [5.74, 6) is 0.0287. The Morgan fingerprint density at radius 1 is 1.38 bits per heavy atom. The Morgan fingerprint density at radius 2 is 2.08 bits per heavy atom. The fourth-order valence-corrected chi connectivity index (χ4v) is 1.23. The topological polar surface area (TPSA) is 17.1 Å². The number of Topliss-reactive ketones (excluding diaryl/α,β-unsaturated/α-hetero) is 1. The molecule has 0 saturated heterocycles. The first kappa shape index (κ1) is 10.3. The zero-order valence-electron chi connectivity index (χ0n) is 7.05. The molecule has 1 rings (SSSR count). The van der Waals surface area contributed by atoms with Crippen molar-refractivity contribution in [3.8, 4) is 0 Å². The quantitative estimate of drug-likeness (QED) is 0.688. The van der Waals surface area contributed by atoms with Gasteiger partial charge >= 0.3 is 0 Å². The van der Waals surface area contributed by atoms with Gasteiger partial charge in [-0.25, -0.2) is 0 Å². The number of ketones is 1. The fourth-order valence-electron chi connectivity index (χ4n) is 0.973. The zero-order chi connectivity index (χ0) is 9.84. The van der Waals surface area contributed by atoms with Gasteiger partial charge in [0, 0.05) is 5.56 Å². The molecule has 0 bridgehead atoms. The second-order valence-corrected chi connectivity index (χ2v) is 3.62. The summed E-state index contributed by atoms with van der Waals surface area (Å²) in [4.78, 5) is 11.0. The number of hydrogen-bond acceptors (Lipinski definition) is 1. The van der Waals surface area contributed by atoms with Gasteiger partial charge in [0.25, 0.3) is 0 Å². The molecule has 0 unspecified atom stereocenters. The Balaban J connectivity index is 3.06. The highest BCUT2D eigenvalue weighted by Gasteiger charge is 1.98. The lowest BCUT2D eigenvalue weighted by Gasteiger charge is -1.97. The summed E-state index contributed by atoms with van der Waals surface area (Å²) in [6, 6.07) is 7.12. The molecule has 0 aliphatic heterocycles. The van der Waals surface area contributed by atoms with E-state index in [-0.39, 0.29) is 10.3 Å². The minimum absolute atomic E-state index is 0.0287. The molecule has 0 radical (unpaired) electrons. The van der Waals surface area contributed by atoms with Crippen molar-refractivity contribution in [2.24, 2.45) is 0 Å². The van der Waals surface area contributed by atoms with Crippen molar-refractivity contribution in [3.05, 3.63) is 39.9 Å². The van der Waals surface area contributed by atoms with E-state index in [2.05, 4.69) is 0 Å². The van der Waals surface area contributed by atoms with Crippen molar-refractivity contribution in [3.63, 3.8) is 0 Å². The highest BCUT2D eigenvalue weighted by atomic mass is 35.5. The van der Waals surface area contributed by atoms with Gasteiger partial charge in [0.1, 0.15) is 4.49 Å². The van der Waals surface area contributed by atoms with E-state index in [4.69, 9.17) is 23.2 Å². The molecule has 0 aliphatic rings. The normalized spacial score (nSPS) is 9.46. The van der Waals surface area contributed by atoms with Crippen molar-refractivity contribution in [2.45, 2.75) is 6.92 Å². The Morgan fingerprint density at radius 3 is 2.62 bits per heavy atom. The van der Waals surface area contributed by atoms with E-state index in [0.29, 0.717) is 5.56 Å². The van der Waals surface area contributed by atoms with E-state index in [1.165, 1.54) is 6.92 Å². The van der Waals surface area contributed by atoms with E-state index in [0.717, 1.165) is 5.56 Å². The smallest absolute Gasteiger partial charge is 0.159 e. The van der Waals surface area contributed by atoms with Crippen molar-refractivity contribution in [2.75, 3.05) is 0 Å². The van der Waals surface area contributed by atoms with Crippen LogP contribution in [-0.4, -0.2) is 5.78 Å². The van der Waals surface area contributed by atoms with E-state index in [1.54, 1.807) is 24.3 Å². The first-order valence-electron chi connectivity index (χ1n) is 3.73. The molecule has 1 nitrogen and oxygen atoms in total. The first-order valence-corrected chi connectivity index (χ1v) is 4.49. The van der Waals surface area contributed by atoms with Crippen molar-refractivity contribution in [1.29, 1.82) is 0 Å². The minimum Gasteiger partial charge on any atom is -0.295 e. The molecule has 1 aromatic carbocycles. The molecule has 1 aromatic rings. The van der Waals surface area contributed by atoms with E-state index in [9.17, 15) is 4.79 Å². The molecule has 68 valence electrons. The van der Waals surface area contributed by atoms with Crippen LogP contribution in [0.3, 0.4) is 0 Å². The molecule has 13 heavy (non-hydrogen) atoms. The Labute approximate surface area is 87.0 Å². The summed E-state index contributed by atoms with van der Waals surface area (Å²) in [6.45, 7) is 1.52. The molecule has 3 heteroatoms. The summed E-state index contributed by atoms with van der Waals surface area (Å²) in [5.41, 5.74) is 1.48. The van der Waals surface area contributed by atoms with Gasteiger partial charge < -0.3 is 0 Å². The van der Waals surface area contributed by atoms with Crippen LogP contribution in [0.5, 0.6) is 0 Å². The minimum atomic E-state index is 0.0287. The number of halogens is 2. The van der Waals surface area contributed by atoms with E-state index >= 15 is 0 Å². The third-order valence-corrected chi connectivity index (χ3v) is 1.79. The van der Waals surface area contributed by atoms with Gasteiger partial charge in [0.2, 0.25) is 0 Å². The summed E-state index contributed by atoms with van der Waals surface area (Å²) in [7, 11) is 0. The first-order chi connectivity index (χ1) is 6.09. The lowest BCUT2D eigenvalue weighted by molar-refractivity contribution is 0.101. The number of carbonyl (C=O) groups is 1. The standard InChI is InChI=1S/C10H8Cl2O/c1-7(13)9-4-2-3-8(5-9)6-10(11)12/h2-6H,1H3. The molecule has 0 amide bonds. The van der Waals surface area contributed by atoms with Crippen LogP contribution in [0.25, 0.3) is 6.08 Å². The molecule has 0 atom stereocenters. The Bertz CT molecular complexity index is 352. The number of rotatable bonds is 2. The van der Waals surface area contributed by atoms with Crippen molar-refractivity contribution in [1.82, 2.24) is 0 Å². The molecule has 0 saturated carbocycles. The van der Waals surface area contributed by atoms with Gasteiger partial charge in [-0.3, -0.25) is 4.79 Å². The third kappa shape index (κ3) is 3.21. The lowest BCUT2D eigenvalue weighted by atomic mass is 10.1. The van der Waals surface area contributed by atoms with E-state index < -0.39 is 0 Å². The maximum Gasteiger partial charge on any atom is 0.159 e.